The maximum absolute atomic E-state index is 8.67. The number of ether oxygens (including phenoxy) is 1. The third-order valence-corrected chi connectivity index (χ3v) is 2.84. The molecule has 0 saturated heterocycles. The van der Waals surface area contributed by atoms with E-state index in [1.807, 2.05) is 14.0 Å². The Morgan fingerprint density at radius 2 is 1.94 bits per heavy atom. The van der Waals surface area contributed by atoms with Crippen LogP contribution in [0.1, 0.15) is 18.9 Å². The van der Waals surface area contributed by atoms with Crippen LogP contribution in [0.15, 0.2) is 24.3 Å². The summed E-state index contributed by atoms with van der Waals surface area (Å²) in [5.41, 5.74) is 0.627. The van der Waals surface area contributed by atoms with Gasteiger partial charge in [0.1, 0.15) is 12.4 Å². The van der Waals surface area contributed by atoms with Crippen molar-refractivity contribution in [1.82, 2.24) is 4.90 Å². The van der Waals surface area contributed by atoms with E-state index in [2.05, 4.69) is 17.0 Å². The van der Waals surface area contributed by atoms with Crippen LogP contribution in [0, 0.1) is 22.7 Å². The lowest BCUT2D eigenvalue weighted by Gasteiger charge is -2.22. The molecule has 4 heteroatoms. The highest BCUT2D eigenvalue weighted by atomic mass is 16.5. The first-order valence-electron chi connectivity index (χ1n) is 5.87. The Hall–Kier alpha value is -2.04. The molecule has 0 radical (unpaired) electrons. The molecule has 0 aliphatic rings. The van der Waals surface area contributed by atoms with Crippen LogP contribution in [0.4, 0.5) is 0 Å². The molecule has 1 atom stereocenters. The van der Waals surface area contributed by atoms with Crippen molar-refractivity contribution in [1.29, 1.82) is 10.5 Å². The van der Waals surface area contributed by atoms with Gasteiger partial charge in [-0.3, -0.25) is 4.90 Å². The van der Waals surface area contributed by atoms with Gasteiger partial charge in [-0.25, -0.2) is 0 Å². The van der Waals surface area contributed by atoms with E-state index in [1.165, 1.54) is 0 Å². The molecular formula is C14H17N3O. The molecule has 1 unspecified atom stereocenters. The molecule has 0 aromatic heterocycles. The fourth-order valence-electron chi connectivity index (χ4n) is 1.44. The van der Waals surface area contributed by atoms with Crippen LogP contribution in [0.2, 0.25) is 0 Å². The molecule has 1 aromatic carbocycles. The van der Waals surface area contributed by atoms with Crippen molar-refractivity contribution < 1.29 is 4.74 Å². The summed E-state index contributed by atoms with van der Waals surface area (Å²) in [7, 11) is 1.98. The fourth-order valence-corrected chi connectivity index (χ4v) is 1.44. The third-order valence-electron chi connectivity index (χ3n) is 2.84. The zero-order valence-corrected chi connectivity index (χ0v) is 10.8. The maximum Gasteiger partial charge on any atom is 0.119 e. The number of nitriles is 2. The lowest BCUT2D eigenvalue weighted by molar-refractivity contribution is 0.201. The summed E-state index contributed by atoms with van der Waals surface area (Å²) < 4.78 is 5.57. The van der Waals surface area contributed by atoms with Gasteiger partial charge in [0.25, 0.3) is 0 Å². The molecule has 0 spiro atoms. The zero-order valence-electron chi connectivity index (χ0n) is 10.8. The minimum absolute atomic E-state index is 0.236. The number of likely N-dealkylation sites (N-methyl/N-ethyl adjacent to an activating group) is 1. The van der Waals surface area contributed by atoms with E-state index in [4.69, 9.17) is 15.3 Å². The average Bonchev–Trinajstić information content (AvgIpc) is 2.39. The Labute approximate surface area is 108 Å². The van der Waals surface area contributed by atoms with Crippen LogP contribution in [-0.2, 0) is 0 Å². The van der Waals surface area contributed by atoms with Gasteiger partial charge in [0.05, 0.1) is 24.1 Å². The second-order valence-electron chi connectivity index (χ2n) is 4.18. The first-order chi connectivity index (χ1) is 8.67. The fraction of sp³-hybridized carbons (Fsp3) is 0.429. The van der Waals surface area contributed by atoms with Gasteiger partial charge in [-0.1, -0.05) is 0 Å². The molecule has 0 amide bonds. The molecule has 18 heavy (non-hydrogen) atoms. The van der Waals surface area contributed by atoms with E-state index in [-0.39, 0.29) is 6.04 Å². The molecule has 0 aliphatic heterocycles. The molecule has 1 rings (SSSR count). The molecule has 0 aliphatic carbocycles. The van der Waals surface area contributed by atoms with Gasteiger partial charge in [-0.15, -0.1) is 0 Å². The van der Waals surface area contributed by atoms with Crippen molar-refractivity contribution in [2.45, 2.75) is 19.4 Å². The van der Waals surface area contributed by atoms with Gasteiger partial charge in [0.15, 0.2) is 0 Å². The van der Waals surface area contributed by atoms with E-state index in [9.17, 15) is 0 Å². The average molecular weight is 243 g/mol. The maximum atomic E-state index is 8.67. The molecule has 94 valence electrons. The Kier molecular flexibility index (Phi) is 5.70. The van der Waals surface area contributed by atoms with Crippen LogP contribution in [-0.4, -0.2) is 31.1 Å². The van der Waals surface area contributed by atoms with E-state index >= 15 is 0 Å². The van der Waals surface area contributed by atoms with Crippen LogP contribution in [0.5, 0.6) is 5.75 Å². The lowest BCUT2D eigenvalue weighted by atomic mass is 10.2. The summed E-state index contributed by atoms with van der Waals surface area (Å²) in [5, 5.41) is 17.3. The number of rotatable bonds is 6. The SMILES string of the molecule is CC(CC#N)N(C)CCOc1ccc(C#N)cc1. The van der Waals surface area contributed by atoms with Gasteiger partial charge in [-0.05, 0) is 38.2 Å². The van der Waals surface area contributed by atoms with Gasteiger partial charge in [0.2, 0.25) is 0 Å². The highest BCUT2D eigenvalue weighted by Crippen LogP contribution is 2.11. The summed E-state index contributed by atoms with van der Waals surface area (Å²) in [5.74, 6) is 0.760. The number of nitrogens with zero attached hydrogens (tertiary/aromatic N) is 3. The minimum Gasteiger partial charge on any atom is -0.492 e. The standard InChI is InChI=1S/C14H17N3O/c1-12(7-8-15)17(2)9-10-18-14-5-3-13(11-16)4-6-14/h3-6,12H,7,9-10H2,1-2H3. The van der Waals surface area contributed by atoms with Crippen molar-refractivity contribution in [3.05, 3.63) is 29.8 Å². The first-order valence-corrected chi connectivity index (χ1v) is 5.87. The van der Waals surface area contributed by atoms with Gasteiger partial charge >= 0.3 is 0 Å². The molecule has 0 heterocycles. The lowest BCUT2D eigenvalue weighted by Crippen LogP contribution is -2.32. The summed E-state index contributed by atoms with van der Waals surface area (Å²) in [6.45, 7) is 3.35. The Bertz CT molecular complexity index is 442. The molecule has 1 aromatic rings. The third kappa shape index (κ3) is 4.45. The van der Waals surface area contributed by atoms with Gasteiger partial charge in [0, 0.05) is 12.6 Å². The van der Waals surface area contributed by atoms with Gasteiger partial charge < -0.3 is 4.74 Å². The number of hydrogen-bond acceptors (Lipinski definition) is 4. The summed E-state index contributed by atoms with van der Waals surface area (Å²) in [4.78, 5) is 2.09. The van der Waals surface area contributed by atoms with Crippen LogP contribution in [0.3, 0.4) is 0 Å². The van der Waals surface area contributed by atoms with Crippen molar-refractivity contribution >= 4 is 0 Å². The van der Waals surface area contributed by atoms with E-state index < -0.39 is 0 Å². The van der Waals surface area contributed by atoms with E-state index in [0.717, 1.165) is 12.3 Å². The number of benzene rings is 1. The van der Waals surface area contributed by atoms with Crippen molar-refractivity contribution in [2.24, 2.45) is 0 Å². The van der Waals surface area contributed by atoms with E-state index in [0.29, 0.717) is 18.6 Å². The zero-order chi connectivity index (χ0) is 13.4. The predicted octanol–water partition coefficient (Wildman–Crippen LogP) is 2.17. The first kappa shape index (κ1) is 14.0. The predicted molar refractivity (Wildman–Crippen MR) is 69.0 cm³/mol. The van der Waals surface area contributed by atoms with Gasteiger partial charge in [-0.2, -0.15) is 10.5 Å². The van der Waals surface area contributed by atoms with Crippen LogP contribution < -0.4 is 4.74 Å². The monoisotopic (exact) mass is 243 g/mol. The quantitative estimate of drug-likeness (QED) is 0.768. The summed E-state index contributed by atoms with van der Waals surface area (Å²) >= 11 is 0. The van der Waals surface area contributed by atoms with Crippen molar-refractivity contribution in [3.8, 4) is 17.9 Å². The normalized spacial score (nSPS) is 11.6. The molecule has 0 N–H and O–H groups in total. The largest absolute Gasteiger partial charge is 0.492 e. The highest BCUT2D eigenvalue weighted by molar-refractivity contribution is 5.34. The smallest absolute Gasteiger partial charge is 0.119 e. The molecule has 4 nitrogen and oxygen atoms in total. The second kappa shape index (κ2) is 7.32. The summed E-state index contributed by atoms with van der Waals surface area (Å²) in [6.07, 6.45) is 0.521. The van der Waals surface area contributed by atoms with Crippen molar-refractivity contribution in [3.63, 3.8) is 0 Å². The van der Waals surface area contributed by atoms with E-state index in [1.54, 1.807) is 24.3 Å². The number of hydrogen-bond donors (Lipinski definition) is 0. The van der Waals surface area contributed by atoms with Crippen molar-refractivity contribution in [2.75, 3.05) is 20.2 Å². The van der Waals surface area contributed by atoms with Crippen LogP contribution >= 0.6 is 0 Å². The topological polar surface area (TPSA) is 60.1 Å². The highest BCUT2D eigenvalue weighted by Gasteiger charge is 2.08. The Balaban J connectivity index is 2.33. The van der Waals surface area contributed by atoms with Crippen LogP contribution in [0.25, 0.3) is 0 Å². The Morgan fingerprint density at radius 1 is 1.28 bits per heavy atom. The minimum atomic E-state index is 0.236. The second-order valence-corrected chi connectivity index (χ2v) is 4.18. The molecule has 0 fully saturated rings. The molecular weight excluding hydrogens is 226 g/mol. The molecule has 0 saturated carbocycles. The molecule has 0 bridgehead atoms. The summed E-state index contributed by atoms with van der Waals surface area (Å²) in [6, 6.07) is 11.5. The Morgan fingerprint density at radius 3 is 2.50 bits per heavy atom.